The Morgan fingerprint density at radius 2 is 1.89 bits per heavy atom. The zero-order valence-corrected chi connectivity index (χ0v) is 16.8. The van der Waals surface area contributed by atoms with E-state index in [1.807, 2.05) is 41.8 Å². The smallest absolute Gasteiger partial charge is 0.236 e. The fourth-order valence-electron chi connectivity index (χ4n) is 4.16. The molecule has 1 fully saturated rings. The third-order valence-electron chi connectivity index (χ3n) is 5.82. The predicted molar refractivity (Wildman–Crippen MR) is 108 cm³/mol. The molecule has 0 aromatic heterocycles. The van der Waals surface area contributed by atoms with Crippen LogP contribution in [-0.4, -0.2) is 78.9 Å². The molecular formula is C21H32N4O2. The standard InChI is InChI=1S/C21H32N4O2/c1-4-24-12-9-17-7-5-6-8-18(17)22-21(15-19(24)26)10-13-25(14-11-21)20(27)16-23(2)3/h5-8,22H,4,9-16H2,1-3H3. The molecule has 0 saturated carbocycles. The lowest BCUT2D eigenvalue weighted by Crippen LogP contribution is -2.54. The van der Waals surface area contributed by atoms with Gasteiger partial charge in [0.2, 0.25) is 11.8 Å². The van der Waals surface area contributed by atoms with E-state index in [4.69, 9.17) is 0 Å². The Morgan fingerprint density at radius 1 is 1.19 bits per heavy atom. The van der Waals surface area contributed by atoms with Crippen LogP contribution in [0.5, 0.6) is 0 Å². The molecule has 0 unspecified atom stereocenters. The van der Waals surface area contributed by atoms with Crippen LogP contribution >= 0.6 is 0 Å². The lowest BCUT2D eigenvalue weighted by Gasteiger charge is -2.43. The number of nitrogens with one attached hydrogen (secondary N) is 1. The number of benzene rings is 1. The third kappa shape index (κ3) is 4.61. The van der Waals surface area contributed by atoms with Crippen molar-refractivity contribution >= 4 is 17.5 Å². The van der Waals surface area contributed by atoms with Gasteiger partial charge in [-0.1, -0.05) is 18.2 Å². The minimum absolute atomic E-state index is 0.167. The van der Waals surface area contributed by atoms with Gasteiger partial charge in [0.1, 0.15) is 0 Å². The molecule has 2 heterocycles. The molecule has 2 aliphatic heterocycles. The van der Waals surface area contributed by atoms with Crippen LogP contribution < -0.4 is 5.32 Å². The number of piperidine rings is 1. The van der Waals surface area contributed by atoms with Crippen LogP contribution in [0.25, 0.3) is 0 Å². The highest BCUT2D eigenvalue weighted by Gasteiger charge is 2.39. The Bertz CT molecular complexity index is 681. The summed E-state index contributed by atoms with van der Waals surface area (Å²) in [6.07, 6.45) is 2.95. The van der Waals surface area contributed by atoms with Gasteiger partial charge in [-0.25, -0.2) is 0 Å². The maximum absolute atomic E-state index is 12.9. The van der Waals surface area contributed by atoms with Gasteiger partial charge in [0.05, 0.1) is 6.54 Å². The van der Waals surface area contributed by atoms with Gasteiger partial charge in [-0.2, -0.15) is 0 Å². The maximum Gasteiger partial charge on any atom is 0.236 e. The summed E-state index contributed by atoms with van der Waals surface area (Å²) < 4.78 is 0. The van der Waals surface area contributed by atoms with E-state index in [2.05, 4.69) is 23.5 Å². The number of nitrogens with zero attached hydrogens (tertiary/aromatic N) is 3. The van der Waals surface area contributed by atoms with E-state index in [9.17, 15) is 9.59 Å². The number of carbonyl (C=O) groups is 2. The number of anilines is 1. The summed E-state index contributed by atoms with van der Waals surface area (Å²) in [5.41, 5.74) is 2.12. The summed E-state index contributed by atoms with van der Waals surface area (Å²) in [6, 6.07) is 8.38. The van der Waals surface area contributed by atoms with Crippen LogP contribution in [0.3, 0.4) is 0 Å². The van der Waals surface area contributed by atoms with E-state index in [1.165, 1.54) is 5.56 Å². The van der Waals surface area contributed by atoms with Gasteiger partial charge in [-0.05, 0) is 51.9 Å². The Labute approximate surface area is 162 Å². The zero-order valence-electron chi connectivity index (χ0n) is 16.8. The number of likely N-dealkylation sites (N-methyl/N-ethyl adjacent to an activating group) is 2. The molecule has 2 amide bonds. The molecule has 0 radical (unpaired) electrons. The average Bonchev–Trinajstić information content (AvgIpc) is 2.68. The largest absolute Gasteiger partial charge is 0.379 e. The predicted octanol–water partition coefficient (Wildman–Crippen LogP) is 1.82. The second kappa shape index (κ2) is 8.30. The summed E-state index contributed by atoms with van der Waals surface area (Å²) in [5.74, 6) is 0.380. The highest BCUT2D eigenvalue weighted by Crippen LogP contribution is 2.33. The zero-order chi connectivity index (χ0) is 19.4. The molecular weight excluding hydrogens is 340 g/mol. The van der Waals surface area contributed by atoms with E-state index in [1.54, 1.807) is 0 Å². The first-order valence-electron chi connectivity index (χ1n) is 9.99. The Hall–Kier alpha value is -2.08. The van der Waals surface area contributed by atoms with Crippen LogP contribution in [0.1, 0.15) is 31.7 Å². The van der Waals surface area contributed by atoms with Gasteiger partial charge in [0.25, 0.3) is 0 Å². The molecule has 1 aromatic rings. The van der Waals surface area contributed by atoms with E-state index < -0.39 is 0 Å². The second-order valence-electron chi connectivity index (χ2n) is 8.08. The maximum atomic E-state index is 12.9. The van der Waals surface area contributed by atoms with Crippen LogP contribution in [0, 0.1) is 0 Å². The SMILES string of the molecule is CCN1CCc2ccccc2NC2(CCN(C(=O)CN(C)C)CC2)CC1=O. The van der Waals surface area contributed by atoms with Crippen molar-refractivity contribution in [3.63, 3.8) is 0 Å². The first kappa shape index (κ1) is 19.7. The fraction of sp³-hybridized carbons (Fsp3) is 0.619. The first-order chi connectivity index (χ1) is 12.9. The Balaban J connectivity index is 1.81. The number of carbonyl (C=O) groups excluding carboxylic acids is 2. The number of hydrogen-bond donors (Lipinski definition) is 1. The second-order valence-corrected chi connectivity index (χ2v) is 8.08. The minimum atomic E-state index is -0.278. The highest BCUT2D eigenvalue weighted by molar-refractivity contribution is 5.80. The lowest BCUT2D eigenvalue weighted by molar-refractivity contribution is -0.134. The summed E-state index contributed by atoms with van der Waals surface area (Å²) in [6.45, 7) is 5.38. The van der Waals surface area contributed by atoms with Gasteiger partial charge in [-0.15, -0.1) is 0 Å². The molecule has 148 valence electrons. The molecule has 2 aliphatic rings. The van der Waals surface area contributed by atoms with E-state index in [0.29, 0.717) is 26.1 Å². The van der Waals surface area contributed by atoms with Crippen molar-refractivity contribution in [1.29, 1.82) is 0 Å². The Morgan fingerprint density at radius 3 is 2.56 bits per heavy atom. The van der Waals surface area contributed by atoms with Crippen LogP contribution in [0.2, 0.25) is 0 Å². The van der Waals surface area contributed by atoms with Gasteiger partial charge < -0.3 is 20.0 Å². The van der Waals surface area contributed by atoms with Crippen LogP contribution in [-0.2, 0) is 16.0 Å². The van der Waals surface area contributed by atoms with Crippen LogP contribution in [0.15, 0.2) is 24.3 Å². The molecule has 6 nitrogen and oxygen atoms in total. The molecule has 1 saturated heterocycles. The molecule has 0 atom stereocenters. The summed E-state index contributed by atoms with van der Waals surface area (Å²) in [4.78, 5) is 31.2. The highest BCUT2D eigenvalue weighted by atomic mass is 16.2. The van der Waals surface area contributed by atoms with Crippen molar-refractivity contribution < 1.29 is 9.59 Å². The quantitative estimate of drug-likeness (QED) is 0.879. The van der Waals surface area contributed by atoms with E-state index in [0.717, 1.165) is 38.0 Å². The van der Waals surface area contributed by atoms with E-state index in [-0.39, 0.29) is 17.4 Å². The number of likely N-dealkylation sites (tertiary alicyclic amines) is 1. The summed E-state index contributed by atoms with van der Waals surface area (Å²) in [7, 11) is 3.83. The summed E-state index contributed by atoms with van der Waals surface area (Å²) in [5, 5.41) is 3.73. The van der Waals surface area contributed by atoms with Crippen LogP contribution in [0.4, 0.5) is 5.69 Å². The van der Waals surface area contributed by atoms with E-state index >= 15 is 0 Å². The molecule has 1 aromatic carbocycles. The molecule has 27 heavy (non-hydrogen) atoms. The average molecular weight is 373 g/mol. The monoisotopic (exact) mass is 372 g/mol. The fourth-order valence-corrected chi connectivity index (χ4v) is 4.16. The topological polar surface area (TPSA) is 55.9 Å². The van der Waals surface area contributed by atoms with Crippen molar-refractivity contribution in [2.45, 2.75) is 38.1 Å². The number of amides is 2. The molecule has 3 rings (SSSR count). The van der Waals surface area contributed by atoms with Crippen molar-refractivity contribution in [3.05, 3.63) is 29.8 Å². The van der Waals surface area contributed by atoms with Crippen molar-refractivity contribution in [2.24, 2.45) is 0 Å². The van der Waals surface area contributed by atoms with Gasteiger partial charge >= 0.3 is 0 Å². The third-order valence-corrected chi connectivity index (χ3v) is 5.82. The molecule has 1 spiro atoms. The molecule has 1 N–H and O–H groups in total. The normalized spacial score (nSPS) is 19.9. The number of rotatable bonds is 3. The number of fused-ring (bicyclic) bond motifs is 1. The Kier molecular flexibility index (Phi) is 6.05. The first-order valence-corrected chi connectivity index (χ1v) is 9.99. The molecule has 6 heteroatoms. The van der Waals surface area contributed by atoms with Gasteiger partial charge in [0, 0.05) is 43.8 Å². The van der Waals surface area contributed by atoms with Crippen molar-refractivity contribution in [1.82, 2.24) is 14.7 Å². The summed E-state index contributed by atoms with van der Waals surface area (Å²) >= 11 is 0. The van der Waals surface area contributed by atoms with Crippen molar-refractivity contribution in [3.8, 4) is 0 Å². The van der Waals surface area contributed by atoms with Gasteiger partial charge in [0.15, 0.2) is 0 Å². The van der Waals surface area contributed by atoms with Crippen molar-refractivity contribution in [2.75, 3.05) is 52.1 Å². The minimum Gasteiger partial charge on any atom is -0.379 e. The molecule has 0 aliphatic carbocycles. The lowest BCUT2D eigenvalue weighted by atomic mass is 9.83. The van der Waals surface area contributed by atoms with Gasteiger partial charge in [-0.3, -0.25) is 9.59 Å². The molecule has 0 bridgehead atoms. The number of para-hydroxylation sites is 1. The number of hydrogen-bond acceptors (Lipinski definition) is 4.